The maximum atomic E-state index is 5.79. The van der Waals surface area contributed by atoms with Crippen LogP contribution >= 0.6 is 22.9 Å². The fraction of sp³-hybridized carbons (Fsp3) is 0.636. The van der Waals surface area contributed by atoms with Crippen LogP contribution in [0, 0.1) is 5.92 Å². The normalized spacial score (nSPS) is 15.4. The van der Waals surface area contributed by atoms with E-state index in [0.29, 0.717) is 12.0 Å². The maximum absolute atomic E-state index is 5.79. The molecule has 0 fully saturated rings. The molecule has 1 aromatic heterocycles. The van der Waals surface area contributed by atoms with Crippen LogP contribution in [0.4, 0.5) is 0 Å². The Kier molecular flexibility index (Phi) is 5.53. The van der Waals surface area contributed by atoms with Crippen LogP contribution in [0.2, 0.25) is 0 Å². The SMILES string of the molecule is CC(CCl)C(C)NCCc1cccs1. The second-order valence-corrected chi connectivity index (χ2v) is 5.04. The molecule has 2 unspecified atom stereocenters. The second-order valence-electron chi connectivity index (χ2n) is 3.70. The van der Waals surface area contributed by atoms with Crippen molar-refractivity contribution in [2.45, 2.75) is 26.3 Å². The summed E-state index contributed by atoms with van der Waals surface area (Å²) in [5.41, 5.74) is 0. The van der Waals surface area contributed by atoms with Gasteiger partial charge < -0.3 is 5.32 Å². The minimum Gasteiger partial charge on any atom is -0.314 e. The fourth-order valence-corrected chi connectivity index (χ4v) is 2.19. The third kappa shape index (κ3) is 3.99. The Morgan fingerprint density at radius 3 is 2.86 bits per heavy atom. The predicted octanol–water partition coefficient (Wildman–Crippen LogP) is 3.14. The van der Waals surface area contributed by atoms with Gasteiger partial charge in [0.05, 0.1) is 0 Å². The molecule has 0 spiro atoms. The minimum atomic E-state index is 0.507. The number of thiophene rings is 1. The van der Waals surface area contributed by atoms with E-state index in [-0.39, 0.29) is 0 Å². The van der Waals surface area contributed by atoms with Gasteiger partial charge in [-0.3, -0.25) is 0 Å². The lowest BCUT2D eigenvalue weighted by atomic mass is 10.1. The quantitative estimate of drug-likeness (QED) is 0.742. The summed E-state index contributed by atoms with van der Waals surface area (Å²) < 4.78 is 0. The monoisotopic (exact) mass is 231 g/mol. The van der Waals surface area contributed by atoms with Gasteiger partial charge in [-0.25, -0.2) is 0 Å². The van der Waals surface area contributed by atoms with Gasteiger partial charge in [0.1, 0.15) is 0 Å². The molecule has 3 heteroatoms. The highest BCUT2D eigenvalue weighted by Crippen LogP contribution is 2.09. The largest absolute Gasteiger partial charge is 0.314 e. The molecule has 2 atom stereocenters. The minimum absolute atomic E-state index is 0.507. The molecular formula is C11H18ClNS. The van der Waals surface area contributed by atoms with Gasteiger partial charge in [-0.2, -0.15) is 0 Å². The van der Waals surface area contributed by atoms with E-state index in [2.05, 4.69) is 36.7 Å². The van der Waals surface area contributed by atoms with Gasteiger partial charge in [0, 0.05) is 23.3 Å². The predicted molar refractivity (Wildman–Crippen MR) is 65.4 cm³/mol. The Balaban J connectivity index is 2.15. The number of alkyl halides is 1. The van der Waals surface area contributed by atoms with Crippen LogP contribution in [-0.4, -0.2) is 18.5 Å². The molecule has 0 amide bonds. The van der Waals surface area contributed by atoms with Crippen LogP contribution in [0.25, 0.3) is 0 Å². The van der Waals surface area contributed by atoms with Crippen molar-refractivity contribution in [3.63, 3.8) is 0 Å². The van der Waals surface area contributed by atoms with Crippen LogP contribution in [-0.2, 0) is 6.42 Å². The van der Waals surface area contributed by atoms with E-state index < -0.39 is 0 Å². The number of hydrogen-bond donors (Lipinski definition) is 1. The average molecular weight is 232 g/mol. The van der Waals surface area contributed by atoms with Gasteiger partial charge >= 0.3 is 0 Å². The summed E-state index contributed by atoms with van der Waals surface area (Å²) in [6.07, 6.45) is 1.12. The summed E-state index contributed by atoms with van der Waals surface area (Å²) in [7, 11) is 0. The van der Waals surface area contributed by atoms with Gasteiger partial charge in [0.2, 0.25) is 0 Å². The first-order valence-electron chi connectivity index (χ1n) is 5.05. The summed E-state index contributed by atoms with van der Waals surface area (Å²) in [5.74, 6) is 1.27. The molecule has 1 heterocycles. The Morgan fingerprint density at radius 1 is 1.50 bits per heavy atom. The highest BCUT2D eigenvalue weighted by molar-refractivity contribution is 7.09. The van der Waals surface area contributed by atoms with E-state index in [0.717, 1.165) is 18.8 Å². The molecule has 0 saturated carbocycles. The highest BCUT2D eigenvalue weighted by Gasteiger charge is 2.09. The third-order valence-corrected chi connectivity index (χ3v) is 3.94. The van der Waals surface area contributed by atoms with Crippen molar-refractivity contribution in [3.05, 3.63) is 22.4 Å². The molecule has 0 saturated heterocycles. The van der Waals surface area contributed by atoms with Crippen LogP contribution in [0.5, 0.6) is 0 Å². The first-order chi connectivity index (χ1) is 6.74. The molecular weight excluding hydrogens is 214 g/mol. The molecule has 0 aliphatic heterocycles. The van der Waals surface area contributed by atoms with Crippen molar-refractivity contribution >= 4 is 22.9 Å². The van der Waals surface area contributed by atoms with Gasteiger partial charge in [-0.1, -0.05) is 13.0 Å². The zero-order valence-corrected chi connectivity index (χ0v) is 10.4. The first-order valence-corrected chi connectivity index (χ1v) is 6.47. The highest BCUT2D eigenvalue weighted by atomic mass is 35.5. The van der Waals surface area contributed by atoms with Gasteiger partial charge in [-0.05, 0) is 30.7 Å². The average Bonchev–Trinajstić information content (AvgIpc) is 2.69. The van der Waals surface area contributed by atoms with Crippen LogP contribution in [0.15, 0.2) is 17.5 Å². The summed E-state index contributed by atoms with van der Waals surface area (Å²) in [5, 5.41) is 5.62. The van der Waals surface area contributed by atoms with Crippen LogP contribution < -0.4 is 5.32 Å². The summed E-state index contributed by atoms with van der Waals surface area (Å²) >= 11 is 7.61. The van der Waals surface area contributed by atoms with Crippen LogP contribution in [0.1, 0.15) is 18.7 Å². The Labute approximate surface area is 95.5 Å². The van der Waals surface area contributed by atoms with Crippen molar-refractivity contribution < 1.29 is 0 Å². The summed E-state index contributed by atoms with van der Waals surface area (Å²) in [6.45, 7) is 5.42. The van der Waals surface area contributed by atoms with E-state index in [9.17, 15) is 0 Å². The van der Waals surface area contributed by atoms with Gasteiger partial charge in [0.15, 0.2) is 0 Å². The number of hydrogen-bond acceptors (Lipinski definition) is 2. The van der Waals surface area contributed by atoms with Crippen molar-refractivity contribution in [1.82, 2.24) is 5.32 Å². The van der Waals surface area contributed by atoms with Crippen molar-refractivity contribution in [3.8, 4) is 0 Å². The molecule has 80 valence electrons. The molecule has 0 bridgehead atoms. The van der Waals surface area contributed by atoms with Crippen molar-refractivity contribution in [2.75, 3.05) is 12.4 Å². The third-order valence-electron chi connectivity index (χ3n) is 2.51. The zero-order chi connectivity index (χ0) is 10.4. The standard InChI is InChI=1S/C11H18ClNS/c1-9(8-12)10(2)13-6-5-11-4-3-7-14-11/h3-4,7,9-10,13H,5-6,8H2,1-2H3. The molecule has 0 aromatic carbocycles. The van der Waals surface area contributed by atoms with Crippen molar-refractivity contribution in [2.24, 2.45) is 5.92 Å². The lowest BCUT2D eigenvalue weighted by Gasteiger charge is -2.18. The number of rotatable bonds is 6. The zero-order valence-electron chi connectivity index (χ0n) is 8.79. The second kappa shape index (κ2) is 6.44. The summed E-state index contributed by atoms with van der Waals surface area (Å²) in [6, 6.07) is 4.79. The van der Waals surface area contributed by atoms with E-state index in [1.807, 2.05) is 11.3 Å². The number of halogens is 1. The fourth-order valence-electron chi connectivity index (χ4n) is 1.21. The topological polar surface area (TPSA) is 12.0 Å². The Hall–Kier alpha value is -0.0500. The van der Waals surface area contributed by atoms with Crippen LogP contribution in [0.3, 0.4) is 0 Å². The molecule has 1 aromatic rings. The van der Waals surface area contributed by atoms with Gasteiger partial charge in [-0.15, -0.1) is 22.9 Å². The Morgan fingerprint density at radius 2 is 2.29 bits per heavy atom. The molecule has 14 heavy (non-hydrogen) atoms. The lowest BCUT2D eigenvalue weighted by Crippen LogP contribution is -2.34. The smallest absolute Gasteiger partial charge is 0.0263 e. The van der Waals surface area contributed by atoms with E-state index in [1.54, 1.807) is 0 Å². The molecule has 1 N–H and O–H groups in total. The Bertz CT molecular complexity index is 235. The molecule has 1 nitrogen and oxygen atoms in total. The van der Waals surface area contributed by atoms with Crippen molar-refractivity contribution in [1.29, 1.82) is 0 Å². The summed E-state index contributed by atoms with van der Waals surface area (Å²) in [4.78, 5) is 1.45. The molecule has 0 radical (unpaired) electrons. The van der Waals surface area contributed by atoms with E-state index in [1.165, 1.54) is 4.88 Å². The first kappa shape index (κ1) is 12.0. The van der Waals surface area contributed by atoms with E-state index >= 15 is 0 Å². The lowest BCUT2D eigenvalue weighted by molar-refractivity contribution is 0.434. The van der Waals surface area contributed by atoms with E-state index in [4.69, 9.17) is 11.6 Å². The maximum Gasteiger partial charge on any atom is 0.0263 e. The molecule has 0 aliphatic carbocycles. The van der Waals surface area contributed by atoms with Gasteiger partial charge in [0.25, 0.3) is 0 Å². The molecule has 0 aliphatic rings. The number of nitrogens with one attached hydrogen (secondary N) is 1. The molecule has 1 rings (SSSR count).